The molecule has 0 saturated heterocycles. The van der Waals surface area contributed by atoms with Gasteiger partial charge >= 0.3 is 0 Å². The molecule has 0 amide bonds. The summed E-state index contributed by atoms with van der Waals surface area (Å²) in [4.78, 5) is 5.81. The van der Waals surface area contributed by atoms with E-state index in [1.165, 1.54) is 10.5 Å². The lowest BCUT2D eigenvalue weighted by molar-refractivity contribution is -0.917. The van der Waals surface area contributed by atoms with E-state index in [-0.39, 0.29) is 0 Å². The number of aromatic amines is 1. The van der Waals surface area contributed by atoms with Crippen LogP contribution in [-0.2, 0) is 13.2 Å². The Bertz CT molecular complexity index is 841. The standard InChI is InChI=1S/C17H17BrN4S/c1-21(11-13-7-3-2-4-8-13)12-22-17(23)19-16(20-22)14-9-5-6-10-15(14)18/h2-10H,11-12H2,1H3,(H,19,20,23)/p+1. The van der Waals surface area contributed by atoms with Crippen molar-refractivity contribution in [2.45, 2.75) is 13.2 Å². The molecule has 3 rings (SSSR count). The van der Waals surface area contributed by atoms with Crippen LogP contribution in [-0.4, -0.2) is 21.8 Å². The van der Waals surface area contributed by atoms with E-state index in [0.717, 1.165) is 29.1 Å². The second kappa shape index (κ2) is 7.21. The normalized spacial score (nSPS) is 12.3. The van der Waals surface area contributed by atoms with Crippen LogP contribution in [0.2, 0.25) is 0 Å². The molecule has 0 saturated carbocycles. The fourth-order valence-electron chi connectivity index (χ4n) is 2.51. The monoisotopic (exact) mass is 389 g/mol. The lowest BCUT2D eigenvalue weighted by Gasteiger charge is -2.14. The number of nitrogens with one attached hydrogen (secondary N) is 2. The number of hydrogen-bond acceptors (Lipinski definition) is 2. The fraction of sp³-hybridized carbons (Fsp3) is 0.176. The van der Waals surface area contributed by atoms with Crippen molar-refractivity contribution in [3.8, 4) is 11.4 Å². The smallest absolute Gasteiger partial charge is 0.221 e. The van der Waals surface area contributed by atoms with E-state index < -0.39 is 0 Å². The zero-order chi connectivity index (χ0) is 16.2. The number of rotatable bonds is 5. The molecule has 118 valence electrons. The summed E-state index contributed by atoms with van der Waals surface area (Å²) in [6.45, 7) is 1.68. The predicted molar refractivity (Wildman–Crippen MR) is 97.6 cm³/mol. The van der Waals surface area contributed by atoms with Crippen LogP contribution in [0.5, 0.6) is 0 Å². The lowest BCUT2D eigenvalue weighted by atomic mass is 10.2. The highest BCUT2D eigenvalue weighted by Gasteiger charge is 2.11. The van der Waals surface area contributed by atoms with Gasteiger partial charge in [-0.25, -0.2) is 4.68 Å². The van der Waals surface area contributed by atoms with E-state index in [2.05, 4.69) is 57.3 Å². The van der Waals surface area contributed by atoms with E-state index in [9.17, 15) is 0 Å². The molecule has 1 atom stereocenters. The van der Waals surface area contributed by atoms with Crippen molar-refractivity contribution < 1.29 is 4.90 Å². The molecule has 0 aliphatic rings. The molecule has 23 heavy (non-hydrogen) atoms. The summed E-state index contributed by atoms with van der Waals surface area (Å²) >= 11 is 8.94. The molecule has 0 radical (unpaired) electrons. The number of halogens is 1. The van der Waals surface area contributed by atoms with Gasteiger partial charge < -0.3 is 4.90 Å². The molecule has 0 aliphatic carbocycles. The van der Waals surface area contributed by atoms with Crippen LogP contribution in [0.3, 0.4) is 0 Å². The Morgan fingerprint density at radius 2 is 1.83 bits per heavy atom. The van der Waals surface area contributed by atoms with Gasteiger partial charge in [0.15, 0.2) is 12.5 Å². The minimum atomic E-state index is 0.572. The Labute approximate surface area is 148 Å². The lowest BCUT2D eigenvalue weighted by Crippen LogP contribution is -3.07. The second-order valence-electron chi connectivity index (χ2n) is 5.54. The Morgan fingerprint density at radius 1 is 1.13 bits per heavy atom. The SMILES string of the molecule is C[NH+](Cc1ccccc1)Cn1[nH]c(-c2ccccc2Br)nc1=S. The van der Waals surface area contributed by atoms with E-state index in [1.807, 2.05) is 35.0 Å². The minimum absolute atomic E-state index is 0.572. The Kier molecular flexibility index (Phi) is 5.05. The highest BCUT2D eigenvalue weighted by atomic mass is 79.9. The summed E-state index contributed by atoms with van der Waals surface area (Å²) in [5.74, 6) is 0.787. The summed E-state index contributed by atoms with van der Waals surface area (Å²) < 4.78 is 3.49. The molecule has 1 heterocycles. The van der Waals surface area contributed by atoms with Gasteiger partial charge in [0.05, 0.1) is 7.05 Å². The first-order valence-electron chi connectivity index (χ1n) is 7.40. The first kappa shape index (κ1) is 16.1. The Balaban J connectivity index is 1.77. The maximum atomic E-state index is 5.39. The van der Waals surface area contributed by atoms with Crippen LogP contribution < -0.4 is 4.90 Å². The van der Waals surface area contributed by atoms with Crippen molar-refractivity contribution in [1.29, 1.82) is 0 Å². The number of hydrogen-bond donors (Lipinski definition) is 2. The topological polar surface area (TPSA) is 38.0 Å². The van der Waals surface area contributed by atoms with Crippen molar-refractivity contribution in [3.63, 3.8) is 0 Å². The van der Waals surface area contributed by atoms with Crippen LogP contribution in [0.1, 0.15) is 5.56 Å². The molecule has 1 unspecified atom stereocenters. The number of quaternary nitrogens is 1. The van der Waals surface area contributed by atoms with Gasteiger partial charge in [-0.1, -0.05) is 64.5 Å². The Hall–Kier alpha value is -1.76. The zero-order valence-corrected chi connectivity index (χ0v) is 15.2. The minimum Gasteiger partial charge on any atom is -0.315 e. The van der Waals surface area contributed by atoms with Gasteiger partial charge in [-0.3, -0.25) is 5.10 Å². The third kappa shape index (κ3) is 3.96. The molecular formula is C17H18BrN4S+. The number of nitrogens with zero attached hydrogens (tertiary/aromatic N) is 2. The van der Waals surface area contributed by atoms with Crippen LogP contribution in [0.25, 0.3) is 11.4 Å². The zero-order valence-electron chi connectivity index (χ0n) is 12.8. The van der Waals surface area contributed by atoms with Crippen LogP contribution in [0.15, 0.2) is 59.1 Å². The van der Waals surface area contributed by atoms with Crippen LogP contribution >= 0.6 is 28.1 Å². The maximum Gasteiger partial charge on any atom is 0.221 e. The average molecular weight is 390 g/mol. The van der Waals surface area contributed by atoms with Gasteiger partial charge in [-0.2, -0.15) is 4.98 Å². The molecule has 3 aromatic rings. The van der Waals surface area contributed by atoms with Crippen LogP contribution in [0.4, 0.5) is 0 Å². The van der Waals surface area contributed by atoms with Crippen molar-refractivity contribution in [2.24, 2.45) is 0 Å². The first-order valence-corrected chi connectivity index (χ1v) is 8.60. The summed E-state index contributed by atoms with van der Waals surface area (Å²) in [6, 6.07) is 18.4. The van der Waals surface area contributed by atoms with Crippen molar-refractivity contribution in [1.82, 2.24) is 14.8 Å². The molecule has 2 N–H and O–H groups in total. The fourth-order valence-corrected chi connectivity index (χ4v) is 3.18. The van der Waals surface area contributed by atoms with E-state index >= 15 is 0 Å². The number of aromatic nitrogens is 3. The third-order valence-electron chi connectivity index (χ3n) is 3.58. The van der Waals surface area contributed by atoms with E-state index in [4.69, 9.17) is 12.2 Å². The molecular weight excluding hydrogens is 372 g/mol. The summed E-state index contributed by atoms with van der Waals surface area (Å²) in [6.07, 6.45) is 0. The third-order valence-corrected chi connectivity index (χ3v) is 4.59. The summed E-state index contributed by atoms with van der Waals surface area (Å²) in [5, 5.41) is 3.31. The molecule has 0 aliphatic heterocycles. The number of benzene rings is 2. The highest BCUT2D eigenvalue weighted by molar-refractivity contribution is 9.10. The predicted octanol–water partition coefficient (Wildman–Crippen LogP) is 3.04. The molecule has 0 bridgehead atoms. The molecule has 4 nitrogen and oxygen atoms in total. The first-order chi connectivity index (χ1) is 11.1. The van der Waals surface area contributed by atoms with Gasteiger partial charge in [-0.15, -0.1) is 0 Å². The van der Waals surface area contributed by atoms with Gasteiger partial charge in [0.2, 0.25) is 4.77 Å². The van der Waals surface area contributed by atoms with E-state index in [0.29, 0.717) is 4.77 Å². The Morgan fingerprint density at radius 3 is 2.57 bits per heavy atom. The molecule has 0 spiro atoms. The van der Waals surface area contributed by atoms with Crippen LogP contribution in [0, 0.1) is 4.77 Å². The van der Waals surface area contributed by atoms with Crippen molar-refractivity contribution in [2.75, 3.05) is 7.05 Å². The highest BCUT2D eigenvalue weighted by Crippen LogP contribution is 2.24. The van der Waals surface area contributed by atoms with Crippen molar-refractivity contribution >= 4 is 28.1 Å². The maximum absolute atomic E-state index is 5.39. The summed E-state index contributed by atoms with van der Waals surface area (Å²) in [7, 11) is 2.15. The molecule has 2 aromatic carbocycles. The molecule has 6 heteroatoms. The second-order valence-corrected chi connectivity index (χ2v) is 6.76. The van der Waals surface area contributed by atoms with E-state index in [1.54, 1.807) is 0 Å². The van der Waals surface area contributed by atoms with Gasteiger partial charge in [0.1, 0.15) is 6.54 Å². The van der Waals surface area contributed by atoms with Gasteiger partial charge in [0, 0.05) is 15.6 Å². The van der Waals surface area contributed by atoms with Gasteiger partial charge in [0.25, 0.3) is 0 Å². The average Bonchev–Trinajstić information content (AvgIpc) is 2.89. The number of H-pyrrole nitrogens is 1. The quantitative estimate of drug-likeness (QED) is 0.658. The van der Waals surface area contributed by atoms with Gasteiger partial charge in [-0.05, 0) is 18.3 Å². The largest absolute Gasteiger partial charge is 0.315 e. The summed E-state index contributed by atoms with van der Waals surface area (Å²) in [5.41, 5.74) is 2.32. The molecule has 1 aromatic heterocycles. The van der Waals surface area contributed by atoms with Crippen molar-refractivity contribution in [3.05, 3.63) is 69.4 Å². The molecule has 0 fully saturated rings.